The van der Waals surface area contributed by atoms with Crippen molar-refractivity contribution in [2.75, 3.05) is 0 Å². The fourth-order valence-electron chi connectivity index (χ4n) is 1.61. The van der Waals surface area contributed by atoms with Crippen LogP contribution in [-0.2, 0) is 16.2 Å². The van der Waals surface area contributed by atoms with E-state index in [2.05, 4.69) is 5.16 Å². The molecule has 2 aromatic rings. The summed E-state index contributed by atoms with van der Waals surface area (Å²) in [7, 11) is 0. The van der Waals surface area contributed by atoms with Crippen LogP contribution in [0.5, 0.6) is 5.75 Å². The minimum atomic E-state index is -0.542. The number of rotatable bonds is 6. The Hall–Kier alpha value is -2.11. The molecular weight excluding hydrogens is 344 g/mol. The molecule has 0 amide bonds. The molecular formula is C16H12Cl2FNO3. The summed E-state index contributed by atoms with van der Waals surface area (Å²) in [4.78, 5) is 16.6. The van der Waals surface area contributed by atoms with Gasteiger partial charge in [-0.25, -0.2) is 4.39 Å². The summed E-state index contributed by atoms with van der Waals surface area (Å²) >= 11 is 12.0. The molecule has 0 saturated heterocycles. The van der Waals surface area contributed by atoms with Gasteiger partial charge in [-0.05, 0) is 36.4 Å². The number of benzene rings is 2. The normalized spacial score (nSPS) is 10.7. The van der Waals surface area contributed by atoms with Gasteiger partial charge in [-0.1, -0.05) is 34.4 Å². The van der Waals surface area contributed by atoms with Crippen LogP contribution in [0, 0.1) is 5.82 Å². The first-order valence-corrected chi connectivity index (χ1v) is 7.35. The van der Waals surface area contributed by atoms with Crippen LogP contribution in [0.1, 0.15) is 12.0 Å². The lowest BCUT2D eigenvalue weighted by Crippen LogP contribution is -2.08. The van der Waals surface area contributed by atoms with Crippen molar-refractivity contribution in [2.45, 2.75) is 13.0 Å². The van der Waals surface area contributed by atoms with Gasteiger partial charge in [0.15, 0.2) is 0 Å². The zero-order valence-corrected chi connectivity index (χ0v) is 13.4. The van der Waals surface area contributed by atoms with Crippen LogP contribution in [0.25, 0.3) is 0 Å². The maximum atomic E-state index is 12.7. The number of carbonyl (C=O) groups is 1. The predicted octanol–water partition coefficient (Wildman–Crippen LogP) is 4.63. The summed E-state index contributed by atoms with van der Waals surface area (Å²) in [5.74, 6) is -0.689. The van der Waals surface area contributed by atoms with E-state index in [4.69, 9.17) is 32.8 Å². The summed E-state index contributed by atoms with van der Waals surface area (Å²) in [6, 6.07) is 10.2. The number of hydrogen-bond acceptors (Lipinski definition) is 4. The SMILES string of the molecule is O=C(C/C=N\OCc1c(Cl)cccc1Cl)Oc1ccc(F)cc1. The molecule has 7 heteroatoms. The second-order valence-electron chi connectivity index (χ2n) is 4.39. The molecule has 0 unspecified atom stereocenters. The highest BCUT2D eigenvalue weighted by atomic mass is 35.5. The number of nitrogens with zero attached hydrogens (tertiary/aromatic N) is 1. The van der Waals surface area contributed by atoms with Gasteiger partial charge < -0.3 is 9.57 Å². The molecule has 0 fully saturated rings. The van der Waals surface area contributed by atoms with Crippen molar-refractivity contribution in [3.8, 4) is 5.75 Å². The van der Waals surface area contributed by atoms with Gasteiger partial charge in [-0.3, -0.25) is 4.79 Å². The molecule has 0 spiro atoms. The lowest BCUT2D eigenvalue weighted by molar-refractivity contribution is -0.132. The van der Waals surface area contributed by atoms with Gasteiger partial charge in [0.1, 0.15) is 18.2 Å². The van der Waals surface area contributed by atoms with Crippen molar-refractivity contribution < 1.29 is 18.8 Å². The van der Waals surface area contributed by atoms with Crippen LogP contribution < -0.4 is 4.74 Å². The molecule has 0 bridgehead atoms. The van der Waals surface area contributed by atoms with E-state index >= 15 is 0 Å². The Labute approximate surface area is 142 Å². The molecule has 23 heavy (non-hydrogen) atoms. The van der Waals surface area contributed by atoms with E-state index in [1.54, 1.807) is 18.2 Å². The smallest absolute Gasteiger partial charge is 0.316 e. The summed E-state index contributed by atoms with van der Waals surface area (Å²) < 4.78 is 17.7. The summed E-state index contributed by atoms with van der Waals surface area (Å²) in [6.45, 7) is 0.0853. The summed E-state index contributed by atoms with van der Waals surface area (Å²) in [6.07, 6.45) is 1.17. The van der Waals surface area contributed by atoms with Gasteiger partial charge >= 0.3 is 5.97 Å². The van der Waals surface area contributed by atoms with E-state index in [1.165, 1.54) is 30.5 Å². The third-order valence-corrected chi connectivity index (χ3v) is 3.43. The second-order valence-corrected chi connectivity index (χ2v) is 5.21. The predicted molar refractivity (Wildman–Crippen MR) is 86.4 cm³/mol. The van der Waals surface area contributed by atoms with E-state index in [9.17, 15) is 9.18 Å². The second kappa shape index (κ2) is 8.50. The van der Waals surface area contributed by atoms with Gasteiger partial charge in [0.25, 0.3) is 0 Å². The molecule has 2 aromatic carbocycles. The topological polar surface area (TPSA) is 47.9 Å². The molecule has 0 aliphatic carbocycles. The van der Waals surface area contributed by atoms with Gasteiger partial charge in [-0.15, -0.1) is 0 Å². The van der Waals surface area contributed by atoms with Crippen molar-refractivity contribution >= 4 is 35.4 Å². The Kier molecular flexibility index (Phi) is 6.38. The van der Waals surface area contributed by atoms with Crippen molar-refractivity contribution in [1.82, 2.24) is 0 Å². The zero-order valence-electron chi connectivity index (χ0n) is 11.8. The Balaban J connectivity index is 1.76. The zero-order chi connectivity index (χ0) is 16.7. The molecule has 0 atom stereocenters. The molecule has 0 N–H and O–H groups in total. The summed E-state index contributed by atoms with van der Waals surface area (Å²) in [5, 5.41) is 4.59. The Morgan fingerprint density at radius 2 is 1.78 bits per heavy atom. The van der Waals surface area contributed by atoms with Crippen molar-refractivity contribution in [2.24, 2.45) is 5.16 Å². The van der Waals surface area contributed by atoms with Gasteiger partial charge in [0.2, 0.25) is 0 Å². The Morgan fingerprint density at radius 1 is 1.13 bits per heavy atom. The number of carbonyl (C=O) groups excluding carboxylic acids is 1. The first-order chi connectivity index (χ1) is 11.1. The minimum absolute atomic E-state index is 0.0853. The van der Waals surface area contributed by atoms with Crippen LogP contribution in [0.15, 0.2) is 47.6 Å². The maximum Gasteiger partial charge on any atom is 0.316 e. The van der Waals surface area contributed by atoms with Gasteiger partial charge in [0, 0.05) is 15.6 Å². The van der Waals surface area contributed by atoms with Gasteiger partial charge in [-0.2, -0.15) is 0 Å². The van der Waals surface area contributed by atoms with E-state index in [0.717, 1.165) is 0 Å². The maximum absolute atomic E-state index is 12.7. The first-order valence-electron chi connectivity index (χ1n) is 6.59. The molecule has 0 radical (unpaired) electrons. The van der Waals surface area contributed by atoms with Crippen LogP contribution in [0.4, 0.5) is 4.39 Å². The molecule has 0 saturated carbocycles. The Morgan fingerprint density at radius 3 is 2.43 bits per heavy atom. The number of ether oxygens (including phenoxy) is 1. The highest BCUT2D eigenvalue weighted by Gasteiger charge is 2.06. The standard InChI is InChI=1S/C16H12Cl2FNO3/c17-14-2-1-3-15(18)13(14)10-22-20-9-8-16(21)23-12-6-4-11(19)5-7-12/h1-7,9H,8,10H2/b20-9-. The molecule has 2 rings (SSSR count). The number of oxime groups is 1. The third kappa shape index (κ3) is 5.54. The average Bonchev–Trinajstić information content (AvgIpc) is 2.52. The molecule has 4 nitrogen and oxygen atoms in total. The summed E-state index contributed by atoms with van der Waals surface area (Å²) in [5.41, 5.74) is 0.613. The monoisotopic (exact) mass is 355 g/mol. The highest BCUT2D eigenvalue weighted by molar-refractivity contribution is 6.35. The minimum Gasteiger partial charge on any atom is -0.426 e. The van der Waals surface area contributed by atoms with Crippen LogP contribution >= 0.6 is 23.2 Å². The molecule has 0 heterocycles. The molecule has 120 valence electrons. The van der Waals surface area contributed by atoms with Crippen molar-refractivity contribution in [1.29, 1.82) is 0 Å². The van der Waals surface area contributed by atoms with Crippen molar-refractivity contribution in [3.63, 3.8) is 0 Å². The van der Waals surface area contributed by atoms with E-state index < -0.39 is 11.8 Å². The largest absolute Gasteiger partial charge is 0.426 e. The fourth-order valence-corrected chi connectivity index (χ4v) is 2.12. The molecule has 0 aliphatic rings. The van der Waals surface area contributed by atoms with Gasteiger partial charge in [0.05, 0.1) is 12.6 Å². The van der Waals surface area contributed by atoms with Crippen LogP contribution in [0.3, 0.4) is 0 Å². The first kappa shape index (κ1) is 17.2. The molecule has 0 aliphatic heterocycles. The lowest BCUT2D eigenvalue weighted by atomic mass is 10.2. The van der Waals surface area contributed by atoms with E-state index in [0.29, 0.717) is 15.6 Å². The quantitative estimate of drug-likeness (QED) is 0.328. The van der Waals surface area contributed by atoms with E-state index in [1.807, 2.05) is 0 Å². The van der Waals surface area contributed by atoms with Crippen LogP contribution in [0.2, 0.25) is 10.0 Å². The highest BCUT2D eigenvalue weighted by Crippen LogP contribution is 2.24. The number of esters is 1. The van der Waals surface area contributed by atoms with Crippen molar-refractivity contribution in [3.05, 3.63) is 63.9 Å². The van der Waals surface area contributed by atoms with E-state index in [-0.39, 0.29) is 18.8 Å². The number of halogens is 3. The Bertz CT molecular complexity index is 685. The third-order valence-electron chi connectivity index (χ3n) is 2.72. The fraction of sp³-hybridized carbons (Fsp3) is 0.125. The molecule has 0 aromatic heterocycles. The van der Waals surface area contributed by atoms with Crippen LogP contribution in [-0.4, -0.2) is 12.2 Å². The lowest BCUT2D eigenvalue weighted by Gasteiger charge is -2.05. The number of hydrogen-bond donors (Lipinski definition) is 0. The average molecular weight is 356 g/mol.